The summed E-state index contributed by atoms with van der Waals surface area (Å²) in [5, 5.41) is 3.38. The number of aromatic nitrogens is 1. The molecule has 0 unspecified atom stereocenters. The van der Waals surface area contributed by atoms with Crippen LogP contribution in [0.3, 0.4) is 0 Å². The van der Waals surface area contributed by atoms with Crippen LogP contribution in [0.2, 0.25) is 0 Å². The number of nitrogens with one attached hydrogen (secondary N) is 1. The summed E-state index contributed by atoms with van der Waals surface area (Å²) in [6.07, 6.45) is 0. The van der Waals surface area contributed by atoms with E-state index < -0.39 is 0 Å². The number of nitrogens with zero attached hydrogens (tertiary/aromatic N) is 1. The first kappa shape index (κ1) is 16.2. The maximum atomic E-state index is 12.0. The number of carbonyl (C=O) groups is 1. The molecule has 1 amide bonds. The highest BCUT2D eigenvalue weighted by atomic mass is 32.1. The van der Waals surface area contributed by atoms with Gasteiger partial charge in [0, 0.05) is 10.4 Å². The summed E-state index contributed by atoms with van der Waals surface area (Å²) in [7, 11) is 0. The van der Waals surface area contributed by atoms with Gasteiger partial charge >= 0.3 is 0 Å². The predicted octanol–water partition coefficient (Wildman–Crippen LogP) is 4.44. The summed E-state index contributed by atoms with van der Waals surface area (Å²) in [5.74, 6) is 0.458. The molecule has 0 aliphatic heterocycles. The number of benzene rings is 2. The van der Waals surface area contributed by atoms with Crippen LogP contribution >= 0.6 is 11.3 Å². The van der Waals surface area contributed by atoms with Gasteiger partial charge in [-0.3, -0.25) is 10.1 Å². The number of hydrogen-bond donors (Lipinski definition) is 1. The lowest BCUT2D eigenvalue weighted by molar-refractivity contribution is -0.118. The molecule has 4 nitrogen and oxygen atoms in total. The van der Waals surface area contributed by atoms with Crippen LogP contribution in [0, 0.1) is 13.8 Å². The number of aryl methyl sites for hydroxylation is 2. The summed E-state index contributed by atoms with van der Waals surface area (Å²) in [4.78, 5) is 17.6. The van der Waals surface area contributed by atoms with E-state index in [1.165, 1.54) is 11.3 Å². The topological polar surface area (TPSA) is 51.2 Å². The largest absolute Gasteiger partial charge is 0.484 e. The van der Waals surface area contributed by atoms with Crippen molar-refractivity contribution in [2.45, 2.75) is 13.8 Å². The van der Waals surface area contributed by atoms with Crippen molar-refractivity contribution in [2.24, 2.45) is 0 Å². The fourth-order valence-electron chi connectivity index (χ4n) is 2.25. The Labute approximate surface area is 145 Å². The Morgan fingerprint density at radius 2 is 1.79 bits per heavy atom. The Morgan fingerprint density at radius 1 is 1.08 bits per heavy atom. The molecule has 0 fully saturated rings. The molecule has 0 saturated heterocycles. The fraction of sp³-hybridized carbons (Fsp3) is 0.158. The van der Waals surface area contributed by atoms with Crippen LogP contribution in [-0.4, -0.2) is 17.5 Å². The lowest BCUT2D eigenvalue weighted by Gasteiger charge is -2.05. The zero-order valence-electron chi connectivity index (χ0n) is 13.6. The van der Waals surface area contributed by atoms with Crippen molar-refractivity contribution < 1.29 is 9.53 Å². The van der Waals surface area contributed by atoms with Crippen molar-refractivity contribution in [1.82, 2.24) is 4.98 Å². The van der Waals surface area contributed by atoms with Crippen LogP contribution in [-0.2, 0) is 4.79 Å². The molecule has 122 valence electrons. The van der Waals surface area contributed by atoms with Gasteiger partial charge in [0.15, 0.2) is 11.7 Å². The van der Waals surface area contributed by atoms with Crippen molar-refractivity contribution in [3.05, 3.63) is 65.0 Å². The molecule has 0 saturated carbocycles. The quantitative estimate of drug-likeness (QED) is 0.748. The molecule has 0 aliphatic rings. The van der Waals surface area contributed by atoms with Crippen LogP contribution in [0.4, 0.5) is 5.13 Å². The van der Waals surface area contributed by atoms with E-state index in [4.69, 9.17) is 4.74 Å². The first-order valence-corrected chi connectivity index (χ1v) is 8.45. The molecule has 0 bridgehead atoms. The SMILES string of the molecule is Cc1ccc(OCC(=O)Nc2nc(-c3ccccc3)c(C)s2)cc1. The molecule has 1 aromatic heterocycles. The van der Waals surface area contributed by atoms with Gasteiger partial charge in [-0.25, -0.2) is 4.98 Å². The molecule has 5 heteroatoms. The zero-order valence-corrected chi connectivity index (χ0v) is 14.4. The number of hydrogen-bond acceptors (Lipinski definition) is 4. The Bertz CT molecular complexity index is 826. The van der Waals surface area contributed by atoms with Gasteiger partial charge in [-0.2, -0.15) is 0 Å². The molecule has 3 rings (SSSR count). The van der Waals surface area contributed by atoms with Crippen LogP contribution in [0.15, 0.2) is 54.6 Å². The normalized spacial score (nSPS) is 10.4. The number of amides is 1. The maximum absolute atomic E-state index is 12.0. The number of ether oxygens (including phenoxy) is 1. The molecule has 3 aromatic rings. The second kappa shape index (κ2) is 7.27. The van der Waals surface area contributed by atoms with E-state index in [-0.39, 0.29) is 12.5 Å². The molecule has 24 heavy (non-hydrogen) atoms. The van der Waals surface area contributed by atoms with Gasteiger partial charge < -0.3 is 4.74 Å². The van der Waals surface area contributed by atoms with Gasteiger partial charge in [0.25, 0.3) is 5.91 Å². The first-order valence-electron chi connectivity index (χ1n) is 7.64. The monoisotopic (exact) mass is 338 g/mol. The molecule has 0 aliphatic carbocycles. The first-order chi connectivity index (χ1) is 11.6. The van der Waals surface area contributed by atoms with Gasteiger partial charge in [0.05, 0.1) is 5.69 Å². The second-order valence-corrected chi connectivity index (χ2v) is 6.64. The van der Waals surface area contributed by atoms with Crippen molar-refractivity contribution in [3.8, 4) is 17.0 Å². The molecular weight excluding hydrogens is 320 g/mol. The zero-order chi connectivity index (χ0) is 16.9. The predicted molar refractivity (Wildman–Crippen MR) is 97.6 cm³/mol. The van der Waals surface area contributed by atoms with Gasteiger partial charge in [-0.15, -0.1) is 11.3 Å². The molecule has 2 aromatic carbocycles. The molecule has 0 radical (unpaired) electrons. The van der Waals surface area contributed by atoms with Crippen molar-refractivity contribution in [1.29, 1.82) is 0 Å². The summed E-state index contributed by atoms with van der Waals surface area (Å²) in [5.41, 5.74) is 3.09. The van der Waals surface area contributed by atoms with Gasteiger partial charge in [0.1, 0.15) is 5.75 Å². The molecule has 1 heterocycles. The minimum absolute atomic E-state index is 0.0393. The molecule has 1 N–H and O–H groups in total. The standard InChI is InChI=1S/C19H18N2O2S/c1-13-8-10-16(11-9-13)23-12-17(22)20-19-21-18(14(2)24-19)15-6-4-3-5-7-15/h3-11H,12H2,1-2H3,(H,20,21,22). The van der Waals surface area contributed by atoms with E-state index >= 15 is 0 Å². The van der Waals surface area contributed by atoms with Crippen LogP contribution in [0.5, 0.6) is 5.75 Å². The second-order valence-electron chi connectivity index (χ2n) is 5.44. The highest BCUT2D eigenvalue weighted by Crippen LogP contribution is 2.30. The Kier molecular flexibility index (Phi) is 4.91. The average Bonchev–Trinajstić information content (AvgIpc) is 2.95. The summed E-state index contributed by atoms with van der Waals surface area (Å²) in [6, 6.07) is 17.5. The lowest BCUT2D eigenvalue weighted by atomic mass is 10.1. The average molecular weight is 338 g/mol. The minimum Gasteiger partial charge on any atom is -0.484 e. The Balaban J connectivity index is 1.61. The number of carbonyl (C=O) groups excluding carboxylic acids is 1. The van der Waals surface area contributed by atoms with Crippen LogP contribution in [0.1, 0.15) is 10.4 Å². The lowest BCUT2D eigenvalue weighted by Crippen LogP contribution is -2.20. The van der Waals surface area contributed by atoms with E-state index in [2.05, 4.69) is 10.3 Å². The third kappa shape index (κ3) is 4.00. The van der Waals surface area contributed by atoms with Crippen molar-refractivity contribution in [3.63, 3.8) is 0 Å². The minimum atomic E-state index is -0.219. The third-order valence-corrected chi connectivity index (χ3v) is 4.37. The van der Waals surface area contributed by atoms with E-state index in [9.17, 15) is 4.79 Å². The van der Waals surface area contributed by atoms with Crippen molar-refractivity contribution >= 4 is 22.4 Å². The van der Waals surface area contributed by atoms with Gasteiger partial charge in [-0.1, -0.05) is 48.0 Å². The molecule has 0 spiro atoms. The van der Waals surface area contributed by atoms with Crippen molar-refractivity contribution in [2.75, 3.05) is 11.9 Å². The number of rotatable bonds is 5. The smallest absolute Gasteiger partial charge is 0.264 e. The van der Waals surface area contributed by atoms with E-state index in [0.29, 0.717) is 10.9 Å². The molecule has 0 atom stereocenters. The highest BCUT2D eigenvalue weighted by molar-refractivity contribution is 7.16. The number of thiazole rings is 1. The molecular formula is C19H18N2O2S. The third-order valence-electron chi connectivity index (χ3n) is 3.48. The Hall–Kier alpha value is -2.66. The van der Waals surface area contributed by atoms with E-state index in [1.807, 2.05) is 68.4 Å². The van der Waals surface area contributed by atoms with Crippen LogP contribution < -0.4 is 10.1 Å². The summed E-state index contributed by atoms with van der Waals surface area (Å²) < 4.78 is 5.48. The van der Waals surface area contributed by atoms with Crippen LogP contribution in [0.25, 0.3) is 11.3 Å². The summed E-state index contributed by atoms with van der Waals surface area (Å²) >= 11 is 1.46. The summed E-state index contributed by atoms with van der Waals surface area (Å²) in [6.45, 7) is 3.96. The maximum Gasteiger partial charge on any atom is 0.264 e. The fourth-order valence-corrected chi connectivity index (χ4v) is 3.10. The van der Waals surface area contributed by atoms with E-state index in [0.717, 1.165) is 21.7 Å². The van der Waals surface area contributed by atoms with E-state index in [1.54, 1.807) is 0 Å². The van der Waals surface area contributed by atoms with Gasteiger partial charge in [0.2, 0.25) is 0 Å². The Morgan fingerprint density at radius 3 is 2.50 bits per heavy atom. The highest BCUT2D eigenvalue weighted by Gasteiger charge is 2.12. The van der Waals surface area contributed by atoms with Gasteiger partial charge in [-0.05, 0) is 26.0 Å². The number of anilines is 1.